The fourth-order valence-corrected chi connectivity index (χ4v) is 7.73. The van der Waals surface area contributed by atoms with Crippen LogP contribution in [0.25, 0.3) is 11.2 Å². The van der Waals surface area contributed by atoms with E-state index in [1.165, 1.54) is 10.9 Å². The van der Waals surface area contributed by atoms with Gasteiger partial charge in [-0.15, -0.1) is 0 Å². The van der Waals surface area contributed by atoms with Crippen LogP contribution in [0.4, 0.5) is 10.2 Å². The Morgan fingerprint density at radius 3 is 2.14 bits per heavy atom. The Kier molecular flexibility index (Phi) is 14.6. The van der Waals surface area contributed by atoms with E-state index in [0.717, 1.165) is 40.9 Å². The number of hydrogen-bond acceptors (Lipinski definition) is 22. The number of nitrogens with two attached hydrogens (primary N) is 1. The summed E-state index contributed by atoms with van der Waals surface area (Å²) in [6.45, 7) is 2.60. The summed E-state index contributed by atoms with van der Waals surface area (Å²) >= 11 is 0. The van der Waals surface area contributed by atoms with Gasteiger partial charge in [0.05, 0.1) is 12.9 Å². The van der Waals surface area contributed by atoms with Gasteiger partial charge in [0.1, 0.15) is 42.9 Å². The Hall–Kier alpha value is -4.23. The van der Waals surface area contributed by atoms with Crippen LogP contribution in [0.5, 0.6) is 0 Å². The lowest BCUT2D eigenvalue weighted by Gasteiger charge is -2.45. The lowest BCUT2D eigenvalue weighted by molar-refractivity contribution is -0.301. The average molecular weight is 846 g/mol. The third-order valence-corrected chi connectivity index (χ3v) is 10.2. The fourth-order valence-electron chi connectivity index (χ4n) is 5.57. The van der Waals surface area contributed by atoms with Crippen molar-refractivity contribution < 1.29 is 98.9 Å². The number of aliphatic hydroxyl groups excluding tert-OH is 1. The second-order valence-electron chi connectivity index (χ2n) is 12.0. The van der Waals surface area contributed by atoms with Crippen LogP contribution in [0.15, 0.2) is 12.7 Å². The van der Waals surface area contributed by atoms with Gasteiger partial charge < -0.3 is 53.8 Å². The summed E-state index contributed by atoms with van der Waals surface area (Å²) in [6.07, 6.45) is -17.0. The summed E-state index contributed by atoms with van der Waals surface area (Å²) in [5.41, 5.74) is 6.00. The Bertz CT molecular complexity index is 1890. The van der Waals surface area contributed by atoms with Crippen molar-refractivity contribution in [3.63, 3.8) is 0 Å². The molecule has 2 aromatic rings. The summed E-state index contributed by atoms with van der Waals surface area (Å²) < 4.78 is 93.5. The molecule has 0 spiro atoms. The van der Waals surface area contributed by atoms with Crippen LogP contribution in [0, 0.1) is 0 Å². The first-order chi connectivity index (χ1) is 26.1. The van der Waals surface area contributed by atoms with Gasteiger partial charge >= 0.3 is 45.5 Å². The summed E-state index contributed by atoms with van der Waals surface area (Å²) in [5.74, 6) is -5.23. The highest BCUT2D eigenvalue weighted by Crippen LogP contribution is 2.61. The maximum absolute atomic E-state index is 15.0. The number of phosphoric ester groups is 2. The molecule has 0 bridgehead atoms. The van der Waals surface area contributed by atoms with E-state index in [1.807, 2.05) is 0 Å². The van der Waals surface area contributed by atoms with Crippen LogP contribution in [0.2, 0.25) is 0 Å². The third kappa shape index (κ3) is 11.7. The number of hydrogen-bond donors (Lipinski definition) is 4. The number of halogens is 1. The largest absolute Gasteiger partial charge is 0.483 e. The quantitative estimate of drug-likeness (QED) is 0.101. The zero-order valence-electron chi connectivity index (χ0n) is 30.0. The Balaban J connectivity index is 1.57. The Morgan fingerprint density at radius 2 is 1.54 bits per heavy atom. The maximum atomic E-state index is 15.0. The summed E-state index contributed by atoms with van der Waals surface area (Å²) in [7, 11) is -11.7. The molecular weight excluding hydrogens is 807 g/mol. The number of phosphoric acid groups is 2. The molecule has 0 aromatic carbocycles. The van der Waals surface area contributed by atoms with E-state index in [2.05, 4.69) is 19.3 Å². The number of ether oxygens (including phenoxy) is 7. The van der Waals surface area contributed by atoms with E-state index in [-0.39, 0.29) is 17.0 Å². The van der Waals surface area contributed by atoms with Crippen LogP contribution in [0.3, 0.4) is 0 Å². The first-order valence-electron chi connectivity index (χ1n) is 16.2. The lowest BCUT2D eigenvalue weighted by atomic mass is 9.94. The molecule has 12 atom stereocenters. The van der Waals surface area contributed by atoms with Crippen LogP contribution >= 0.6 is 15.6 Å². The van der Waals surface area contributed by atoms with E-state index in [9.17, 15) is 48.0 Å². The minimum Gasteiger partial charge on any atom is -0.462 e. The predicted molar refractivity (Wildman–Crippen MR) is 174 cm³/mol. The molecule has 2 aromatic heterocycles. The van der Waals surface area contributed by atoms with Gasteiger partial charge in [-0.05, 0) is 0 Å². The van der Waals surface area contributed by atoms with Crippen LogP contribution in [-0.2, 0) is 79.6 Å². The number of nitrogen functional groups attached to an aromatic ring is 1. The van der Waals surface area contributed by atoms with E-state index in [0.29, 0.717) is 0 Å². The highest BCUT2D eigenvalue weighted by atomic mass is 31.3. The highest BCUT2D eigenvalue weighted by molar-refractivity contribution is 7.61. The van der Waals surface area contributed by atoms with Crippen molar-refractivity contribution in [2.75, 3.05) is 18.9 Å². The number of aromatic nitrogens is 4. The lowest BCUT2D eigenvalue weighted by Crippen LogP contribution is -2.65. The number of rotatable bonds is 15. The molecule has 2 saturated heterocycles. The molecule has 4 rings (SSSR count). The van der Waals surface area contributed by atoms with E-state index in [1.54, 1.807) is 0 Å². The van der Waals surface area contributed by atoms with Crippen molar-refractivity contribution in [1.82, 2.24) is 19.5 Å². The zero-order chi connectivity index (χ0) is 41.7. The number of anilines is 1. The summed E-state index contributed by atoms with van der Waals surface area (Å²) in [6, 6.07) is 0. The number of carbonyl (C=O) groups excluding carboxylic acids is 5. The molecule has 7 unspecified atom stereocenters. The molecule has 2 fully saturated rings. The van der Waals surface area contributed by atoms with Crippen molar-refractivity contribution in [2.45, 2.75) is 102 Å². The monoisotopic (exact) mass is 845 g/mol. The van der Waals surface area contributed by atoms with Gasteiger partial charge in [0.2, 0.25) is 6.29 Å². The molecule has 4 heterocycles. The molecule has 5 N–H and O–H groups in total. The number of aliphatic hydroxyl groups is 1. The maximum Gasteiger partial charge on any atom is 0.483 e. The van der Waals surface area contributed by atoms with Crippen molar-refractivity contribution in [3.8, 4) is 0 Å². The van der Waals surface area contributed by atoms with E-state index < -0.39 is 127 Å². The molecular formula is C28H38FN5O20P2. The molecule has 0 aliphatic carbocycles. The second kappa shape index (κ2) is 18.4. The zero-order valence-corrected chi connectivity index (χ0v) is 31.8. The topological polar surface area (TPSA) is 342 Å². The number of nitrogens with zero attached hydrogens (tertiary/aromatic N) is 4. The SMILES string of the molecule is CC(=O)OC[C@@H](OC(C)=O)C1O[C@@H](OP(=O)(O)OP(=O)(O)OC[C@H]2O[C@@H](n3cnc4c(N)ncnc43)C(O)CC2F)C(OC(C)=O)C(OC(C)=O)[C@@H]1OC(C)=O. The van der Waals surface area contributed by atoms with Gasteiger partial charge in [0.15, 0.2) is 42.1 Å². The standard InChI is InChI=1S/C28H38FN5O20P2/c1-11(35)45-7-19(47-12(2)36)21-22(48-13(3)37)23(49-14(4)38)24(50-15(5)39)28(52-21)53-56(43,44)54-55(41,42)46-8-18-16(29)6-17(40)27(51-18)34-10-33-20-25(30)31-9-32-26(20)34/h9-10,16-19,21-24,27-28,40H,6-8H2,1-5H3,(H,41,42)(H,43,44)(H2,30,31,32)/t16?,17?,18-,19-,21?,22-,23?,24?,27-,28+/m1/s1. The fraction of sp³-hybridized carbons (Fsp3) is 0.643. The first-order valence-corrected chi connectivity index (χ1v) is 19.1. The Morgan fingerprint density at radius 1 is 0.911 bits per heavy atom. The minimum atomic E-state index is -5.97. The van der Waals surface area contributed by atoms with Gasteiger partial charge in [0, 0.05) is 41.0 Å². The van der Waals surface area contributed by atoms with Gasteiger partial charge in [-0.2, -0.15) is 4.31 Å². The molecule has 0 radical (unpaired) electrons. The summed E-state index contributed by atoms with van der Waals surface area (Å²) in [5, 5.41) is 10.6. The van der Waals surface area contributed by atoms with Crippen molar-refractivity contribution in [2.24, 2.45) is 0 Å². The molecule has 2 aliphatic heterocycles. The molecule has 56 heavy (non-hydrogen) atoms. The summed E-state index contributed by atoms with van der Waals surface area (Å²) in [4.78, 5) is 93.1. The molecule has 28 heteroatoms. The van der Waals surface area contributed by atoms with Gasteiger partial charge in [-0.3, -0.25) is 37.6 Å². The smallest absolute Gasteiger partial charge is 0.462 e. The minimum absolute atomic E-state index is 0.0121. The van der Waals surface area contributed by atoms with Crippen LogP contribution in [0.1, 0.15) is 47.3 Å². The van der Waals surface area contributed by atoms with Crippen LogP contribution < -0.4 is 5.73 Å². The normalized spacial score (nSPS) is 29.2. The molecule has 0 amide bonds. The molecule has 0 saturated carbocycles. The third-order valence-electron chi connectivity index (χ3n) is 7.59. The van der Waals surface area contributed by atoms with Gasteiger partial charge in [0.25, 0.3) is 0 Å². The molecule has 2 aliphatic rings. The van der Waals surface area contributed by atoms with E-state index in [4.69, 9.17) is 47.9 Å². The number of carbonyl (C=O) groups is 5. The predicted octanol–water partition coefficient (Wildman–Crippen LogP) is -0.340. The number of fused-ring (bicyclic) bond motifs is 1. The number of imidazole rings is 1. The highest BCUT2D eigenvalue weighted by Gasteiger charge is 2.57. The van der Waals surface area contributed by atoms with Gasteiger partial charge in [-0.25, -0.2) is 28.5 Å². The average Bonchev–Trinajstić information content (AvgIpc) is 3.49. The van der Waals surface area contributed by atoms with E-state index >= 15 is 4.39 Å². The molecule has 312 valence electrons. The number of esters is 5. The van der Waals surface area contributed by atoms with Crippen molar-refractivity contribution in [1.29, 1.82) is 0 Å². The first kappa shape index (κ1) is 44.5. The van der Waals surface area contributed by atoms with Crippen molar-refractivity contribution in [3.05, 3.63) is 12.7 Å². The Labute approximate surface area is 315 Å². The van der Waals surface area contributed by atoms with Crippen molar-refractivity contribution >= 4 is 62.5 Å². The second-order valence-corrected chi connectivity index (χ2v) is 15.0. The number of alkyl halides is 1. The molecule has 25 nitrogen and oxygen atoms in total. The van der Waals surface area contributed by atoms with Gasteiger partial charge in [-0.1, -0.05) is 0 Å². The van der Waals surface area contributed by atoms with Crippen LogP contribution in [-0.4, -0.2) is 133 Å².